The molecule has 0 aromatic heterocycles. The number of carbonyl (C=O) groups excluding carboxylic acids is 1. The van der Waals surface area contributed by atoms with Crippen molar-refractivity contribution < 1.29 is 18.0 Å². The minimum Gasteiger partial charge on any atom is -0.350 e. The Labute approximate surface area is 115 Å². The monoisotopic (exact) mass is 286 g/mol. The fraction of sp³-hybridized carbons (Fsp3) is 0.500. The maximum absolute atomic E-state index is 13.1. The molecule has 20 heavy (non-hydrogen) atoms. The summed E-state index contributed by atoms with van der Waals surface area (Å²) in [5.41, 5.74) is -0.208. The summed E-state index contributed by atoms with van der Waals surface area (Å²) in [6.07, 6.45) is 3.21. The van der Waals surface area contributed by atoms with Crippen molar-refractivity contribution in [3.63, 3.8) is 0 Å². The second-order valence-electron chi connectivity index (χ2n) is 5.09. The molecule has 1 heterocycles. The van der Waals surface area contributed by atoms with E-state index < -0.39 is 23.4 Å². The van der Waals surface area contributed by atoms with Gasteiger partial charge in [-0.15, -0.1) is 0 Å². The molecule has 1 amide bonds. The molecule has 1 atom stereocenters. The van der Waals surface area contributed by atoms with Crippen LogP contribution in [0.5, 0.6) is 0 Å². The van der Waals surface area contributed by atoms with E-state index in [-0.39, 0.29) is 11.6 Å². The molecule has 0 radical (unpaired) electrons. The number of nitrogens with zero attached hydrogens (tertiary/aromatic N) is 1. The van der Waals surface area contributed by atoms with Gasteiger partial charge in [0.05, 0.1) is 0 Å². The van der Waals surface area contributed by atoms with Crippen molar-refractivity contribution in [3.8, 4) is 0 Å². The summed E-state index contributed by atoms with van der Waals surface area (Å²) in [6.45, 7) is 1.39. The second-order valence-corrected chi connectivity index (χ2v) is 5.09. The van der Waals surface area contributed by atoms with Crippen molar-refractivity contribution in [3.05, 3.63) is 35.1 Å². The highest BCUT2D eigenvalue weighted by Gasteiger charge is 2.20. The van der Waals surface area contributed by atoms with Gasteiger partial charge in [-0.2, -0.15) is 0 Å². The SMILES string of the molecule is CN1CCCCC1CNC(=O)c1cc(F)c(F)c(F)c1. The Morgan fingerprint density at radius 2 is 1.95 bits per heavy atom. The molecule has 1 saturated heterocycles. The number of likely N-dealkylation sites (N-methyl/N-ethyl adjacent to an activating group) is 1. The van der Waals surface area contributed by atoms with E-state index >= 15 is 0 Å². The Hall–Kier alpha value is -1.56. The average Bonchev–Trinajstić information content (AvgIpc) is 2.43. The molecule has 1 aliphatic rings. The molecule has 6 heteroatoms. The third-order valence-electron chi connectivity index (χ3n) is 3.67. The van der Waals surface area contributed by atoms with Gasteiger partial charge in [0.25, 0.3) is 5.91 Å². The minimum atomic E-state index is -1.56. The maximum atomic E-state index is 13.1. The van der Waals surface area contributed by atoms with Crippen molar-refractivity contribution in [1.29, 1.82) is 0 Å². The molecule has 0 saturated carbocycles. The van der Waals surface area contributed by atoms with Crippen molar-refractivity contribution in [2.24, 2.45) is 0 Å². The first-order valence-corrected chi connectivity index (χ1v) is 6.62. The number of halogens is 3. The van der Waals surface area contributed by atoms with Gasteiger partial charge >= 0.3 is 0 Å². The Balaban J connectivity index is 1.98. The summed E-state index contributed by atoms with van der Waals surface area (Å²) in [5.74, 6) is -4.87. The summed E-state index contributed by atoms with van der Waals surface area (Å²) in [4.78, 5) is 14.0. The highest BCUT2D eigenvalue weighted by Crippen LogP contribution is 2.15. The molecule has 0 spiro atoms. The van der Waals surface area contributed by atoms with Gasteiger partial charge in [-0.25, -0.2) is 13.2 Å². The van der Waals surface area contributed by atoms with E-state index in [1.807, 2.05) is 7.05 Å². The highest BCUT2D eigenvalue weighted by atomic mass is 19.2. The Bertz CT molecular complexity index is 484. The molecule has 2 rings (SSSR count). The van der Waals surface area contributed by atoms with Gasteiger partial charge in [0.2, 0.25) is 0 Å². The van der Waals surface area contributed by atoms with Crippen molar-refractivity contribution in [2.75, 3.05) is 20.1 Å². The van der Waals surface area contributed by atoms with Gasteiger partial charge in [-0.1, -0.05) is 6.42 Å². The fourth-order valence-corrected chi connectivity index (χ4v) is 2.40. The third-order valence-corrected chi connectivity index (χ3v) is 3.67. The van der Waals surface area contributed by atoms with E-state index in [1.54, 1.807) is 0 Å². The molecule has 1 unspecified atom stereocenters. The lowest BCUT2D eigenvalue weighted by atomic mass is 10.0. The number of amides is 1. The molecule has 0 bridgehead atoms. The first-order valence-electron chi connectivity index (χ1n) is 6.62. The number of hydrogen-bond acceptors (Lipinski definition) is 2. The molecule has 1 N–H and O–H groups in total. The summed E-state index contributed by atoms with van der Waals surface area (Å²) in [6, 6.07) is 1.64. The predicted octanol–water partition coefficient (Wildman–Crippen LogP) is 2.32. The summed E-state index contributed by atoms with van der Waals surface area (Å²) >= 11 is 0. The number of likely N-dealkylation sites (tertiary alicyclic amines) is 1. The van der Waals surface area contributed by atoms with Gasteiger partial charge in [0.15, 0.2) is 17.5 Å². The van der Waals surface area contributed by atoms with Crippen LogP contribution in [0.15, 0.2) is 12.1 Å². The first-order chi connectivity index (χ1) is 9.49. The molecular formula is C14H17F3N2O. The quantitative estimate of drug-likeness (QED) is 0.865. The van der Waals surface area contributed by atoms with Crippen LogP contribution in [0, 0.1) is 17.5 Å². The molecule has 3 nitrogen and oxygen atoms in total. The molecule has 1 aromatic rings. The summed E-state index contributed by atoms with van der Waals surface area (Å²) in [7, 11) is 1.98. The minimum absolute atomic E-state index is 0.208. The van der Waals surface area contributed by atoms with E-state index in [9.17, 15) is 18.0 Å². The van der Waals surface area contributed by atoms with E-state index in [1.165, 1.54) is 0 Å². The largest absolute Gasteiger partial charge is 0.350 e. The Morgan fingerprint density at radius 1 is 1.30 bits per heavy atom. The maximum Gasteiger partial charge on any atom is 0.251 e. The number of piperidine rings is 1. The number of carbonyl (C=O) groups is 1. The molecule has 110 valence electrons. The lowest BCUT2D eigenvalue weighted by Gasteiger charge is -2.32. The number of benzene rings is 1. The van der Waals surface area contributed by atoms with Gasteiger partial charge in [-0.3, -0.25) is 4.79 Å². The zero-order valence-electron chi connectivity index (χ0n) is 11.3. The van der Waals surface area contributed by atoms with E-state index in [2.05, 4.69) is 10.2 Å². The molecule has 1 aliphatic heterocycles. The topological polar surface area (TPSA) is 32.3 Å². The third kappa shape index (κ3) is 3.30. The van der Waals surface area contributed by atoms with Crippen molar-refractivity contribution >= 4 is 5.91 Å². The number of hydrogen-bond donors (Lipinski definition) is 1. The zero-order chi connectivity index (χ0) is 14.7. The highest BCUT2D eigenvalue weighted by molar-refractivity contribution is 5.94. The normalized spacial score (nSPS) is 19.9. The van der Waals surface area contributed by atoms with Crippen LogP contribution in [-0.2, 0) is 0 Å². The fourth-order valence-electron chi connectivity index (χ4n) is 2.40. The van der Waals surface area contributed by atoms with Crippen LogP contribution >= 0.6 is 0 Å². The van der Waals surface area contributed by atoms with Crippen LogP contribution in [-0.4, -0.2) is 37.0 Å². The van der Waals surface area contributed by atoms with E-state index in [0.717, 1.165) is 25.8 Å². The van der Waals surface area contributed by atoms with Gasteiger partial charge in [0, 0.05) is 18.2 Å². The Kier molecular flexibility index (Phi) is 4.65. The van der Waals surface area contributed by atoms with Crippen LogP contribution in [0.4, 0.5) is 13.2 Å². The Morgan fingerprint density at radius 3 is 2.55 bits per heavy atom. The zero-order valence-corrected chi connectivity index (χ0v) is 11.3. The number of rotatable bonds is 3. The van der Waals surface area contributed by atoms with Crippen LogP contribution < -0.4 is 5.32 Å². The lowest BCUT2D eigenvalue weighted by molar-refractivity contribution is 0.0927. The van der Waals surface area contributed by atoms with E-state index in [0.29, 0.717) is 18.7 Å². The summed E-state index contributed by atoms with van der Waals surface area (Å²) < 4.78 is 38.9. The molecule has 0 aliphatic carbocycles. The summed E-state index contributed by atoms with van der Waals surface area (Å²) in [5, 5.41) is 2.64. The van der Waals surface area contributed by atoms with Gasteiger partial charge in [-0.05, 0) is 38.6 Å². The molecule has 1 fully saturated rings. The average molecular weight is 286 g/mol. The lowest BCUT2D eigenvalue weighted by Crippen LogP contribution is -2.44. The smallest absolute Gasteiger partial charge is 0.251 e. The van der Waals surface area contributed by atoms with Crippen LogP contribution in [0.1, 0.15) is 29.6 Å². The van der Waals surface area contributed by atoms with Gasteiger partial charge in [0.1, 0.15) is 0 Å². The van der Waals surface area contributed by atoms with Crippen LogP contribution in [0.25, 0.3) is 0 Å². The second kappa shape index (κ2) is 6.26. The van der Waals surface area contributed by atoms with Crippen molar-refractivity contribution in [2.45, 2.75) is 25.3 Å². The standard InChI is InChI=1S/C14H17F3N2O/c1-19-5-3-2-4-10(19)8-18-14(20)9-6-11(15)13(17)12(16)7-9/h6-7,10H,2-5,8H2,1H3,(H,18,20). The van der Waals surface area contributed by atoms with Crippen molar-refractivity contribution in [1.82, 2.24) is 10.2 Å². The molecular weight excluding hydrogens is 269 g/mol. The van der Waals surface area contributed by atoms with E-state index in [4.69, 9.17) is 0 Å². The number of nitrogens with one attached hydrogen (secondary N) is 1. The molecule has 1 aromatic carbocycles. The predicted molar refractivity (Wildman–Crippen MR) is 68.9 cm³/mol. The van der Waals surface area contributed by atoms with Crippen LogP contribution in [0.3, 0.4) is 0 Å². The van der Waals surface area contributed by atoms with Crippen LogP contribution in [0.2, 0.25) is 0 Å². The first kappa shape index (κ1) is 14.8. The van der Waals surface area contributed by atoms with Gasteiger partial charge < -0.3 is 10.2 Å².